The van der Waals surface area contributed by atoms with Crippen LogP contribution in [-0.4, -0.2) is 23.7 Å². The summed E-state index contributed by atoms with van der Waals surface area (Å²) in [5.74, 6) is 0.736. The van der Waals surface area contributed by atoms with Crippen LogP contribution in [0, 0.1) is 0 Å². The fourth-order valence-electron chi connectivity index (χ4n) is 2.78. The number of phenols is 1. The van der Waals surface area contributed by atoms with Crippen LogP contribution in [0.5, 0.6) is 11.5 Å². The Balaban J connectivity index is 1.72. The van der Waals surface area contributed by atoms with Crippen LogP contribution < -0.4 is 4.74 Å². The summed E-state index contributed by atoms with van der Waals surface area (Å²) in [6.45, 7) is 2.89. The molecule has 0 radical (unpaired) electrons. The zero-order chi connectivity index (χ0) is 13.9. The summed E-state index contributed by atoms with van der Waals surface area (Å²) in [7, 11) is 1.57. The molecule has 0 spiro atoms. The molecule has 104 valence electrons. The Morgan fingerprint density at radius 3 is 2.70 bits per heavy atom. The molecule has 0 atom stereocenters. The minimum Gasteiger partial charge on any atom is -0.504 e. The zero-order valence-corrected chi connectivity index (χ0v) is 11.7. The van der Waals surface area contributed by atoms with Gasteiger partial charge in [0.15, 0.2) is 11.5 Å². The van der Waals surface area contributed by atoms with E-state index in [1.807, 2.05) is 12.1 Å². The summed E-state index contributed by atoms with van der Waals surface area (Å²) >= 11 is 0. The molecule has 0 aromatic heterocycles. The first-order valence-corrected chi connectivity index (χ1v) is 6.91. The maximum Gasteiger partial charge on any atom is 0.160 e. The number of rotatable bonds is 3. The molecule has 2 aromatic carbocycles. The quantitative estimate of drug-likeness (QED) is 0.930. The highest BCUT2D eigenvalue weighted by atomic mass is 16.5. The number of fused-ring (bicyclic) bond motifs is 1. The monoisotopic (exact) mass is 269 g/mol. The number of ether oxygens (including phenoxy) is 1. The van der Waals surface area contributed by atoms with Crippen molar-refractivity contribution in [2.24, 2.45) is 0 Å². The van der Waals surface area contributed by atoms with Crippen molar-refractivity contribution in [3.63, 3.8) is 0 Å². The zero-order valence-electron chi connectivity index (χ0n) is 11.7. The Bertz CT molecular complexity index is 610. The van der Waals surface area contributed by atoms with E-state index >= 15 is 0 Å². The molecule has 0 unspecified atom stereocenters. The molecule has 3 heteroatoms. The first-order chi connectivity index (χ1) is 9.76. The van der Waals surface area contributed by atoms with Crippen LogP contribution >= 0.6 is 0 Å². The topological polar surface area (TPSA) is 32.7 Å². The molecule has 0 saturated carbocycles. The van der Waals surface area contributed by atoms with E-state index in [1.54, 1.807) is 13.2 Å². The average Bonchev–Trinajstić information content (AvgIpc) is 2.47. The Kier molecular flexibility index (Phi) is 3.61. The predicted octanol–water partition coefficient (Wildman–Crippen LogP) is 2.96. The molecule has 0 bridgehead atoms. The van der Waals surface area contributed by atoms with Crippen molar-refractivity contribution in [3.05, 3.63) is 59.2 Å². The van der Waals surface area contributed by atoms with Gasteiger partial charge < -0.3 is 9.84 Å². The molecule has 1 aliphatic heterocycles. The second-order valence-corrected chi connectivity index (χ2v) is 5.24. The molecule has 0 aliphatic carbocycles. The third-order valence-electron chi connectivity index (χ3n) is 3.86. The third-order valence-corrected chi connectivity index (χ3v) is 3.86. The molecule has 1 heterocycles. The molecule has 3 nitrogen and oxygen atoms in total. The van der Waals surface area contributed by atoms with Gasteiger partial charge in [0.25, 0.3) is 0 Å². The maximum atomic E-state index is 9.84. The Labute approximate surface area is 119 Å². The van der Waals surface area contributed by atoms with Crippen molar-refractivity contribution < 1.29 is 9.84 Å². The SMILES string of the molecule is COc1ccc(CN2CCc3ccccc3C2)cc1O. The number of hydrogen-bond donors (Lipinski definition) is 1. The molecule has 3 rings (SSSR count). The van der Waals surface area contributed by atoms with E-state index in [9.17, 15) is 5.11 Å². The summed E-state index contributed by atoms with van der Waals surface area (Å²) in [6.07, 6.45) is 1.10. The number of hydrogen-bond acceptors (Lipinski definition) is 3. The first kappa shape index (κ1) is 13.0. The van der Waals surface area contributed by atoms with Crippen LogP contribution in [-0.2, 0) is 19.5 Å². The molecular weight excluding hydrogens is 250 g/mol. The molecule has 2 aromatic rings. The molecule has 20 heavy (non-hydrogen) atoms. The molecule has 0 saturated heterocycles. The molecule has 0 fully saturated rings. The van der Waals surface area contributed by atoms with Gasteiger partial charge in [-0.25, -0.2) is 0 Å². The van der Waals surface area contributed by atoms with E-state index in [2.05, 4.69) is 29.2 Å². The molecular formula is C17H19NO2. The molecule has 1 N–H and O–H groups in total. The van der Waals surface area contributed by atoms with Gasteiger partial charge in [-0.1, -0.05) is 30.3 Å². The standard InChI is InChI=1S/C17H19NO2/c1-20-17-7-6-13(10-16(17)19)11-18-9-8-14-4-2-3-5-15(14)12-18/h2-7,10,19H,8-9,11-12H2,1H3. The highest BCUT2D eigenvalue weighted by molar-refractivity contribution is 5.41. The highest BCUT2D eigenvalue weighted by Gasteiger charge is 2.16. The van der Waals surface area contributed by atoms with E-state index in [0.717, 1.165) is 31.6 Å². The van der Waals surface area contributed by atoms with Gasteiger partial charge in [0.1, 0.15) is 0 Å². The second kappa shape index (κ2) is 5.55. The molecule has 0 amide bonds. The maximum absolute atomic E-state index is 9.84. The smallest absolute Gasteiger partial charge is 0.160 e. The van der Waals surface area contributed by atoms with E-state index in [0.29, 0.717) is 5.75 Å². The minimum absolute atomic E-state index is 0.211. The van der Waals surface area contributed by atoms with Crippen molar-refractivity contribution in [3.8, 4) is 11.5 Å². The number of benzene rings is 2. The Morgan fingerprint density at radius 1 is 1.15 bits per heavy atom. The van der Waals surface area contributed by atoms with Crippen molar-refractivity contribution in [1.82, 2.24) is 4.90 Å². The molecule has 1 aliphatic rings. The Hall–Kier alpha value is -2.00. The normalized spacial score (nSPS) is 14.8. The van der Waals surface area contributed by atoms with E-state index < -0.39 is 0 Å². The van der Waals surface area contributed by atoms with Gasteiger partial charge in [-0.3, -0.25) is 4.90 Å². The van der Waals surface area contributed by atoms with Crippen LogP contribution in [0.15, 0.2) is 42.5 Å². The van der Waals surface area contributed by atoms with Gasteiger partial charge >= 0.3 is 0 Å². The van der Waals surface area contributed by atoms with Gasteiger partial charge in [-0.05, 0) is 35.2 Å². The van der Waals surface area contributed by atoms with Crippen LogP contribution in [0.25, 0.3) is 0 Å². The summed E-state index contributed by atoms with van der Waals surface area (Å²) in [5, 5.41) is 9.84. The summed E-state index contributed by atoms with van der Waals surface area (Å²) in [6, 6.07) is 14.2. The lowest BCUT2D eigenvalue weighted by atomic mass is 9.99. The van der Waals surface area contributed by atoms with E-state index in [4.69, 9.17) is 4.74 Å². The van der Waals surface area contributed by atoms with Crippen LogP contribution in [0.2, 0.25) is 0 Å². The van der Waals surface area contributed by atoms with Crippen LogP contribution in [0.4, 0.5) is 0 Å². The fraction of sp³-hybridized carbons (Fsp3) is 0.294. The Morgan fingerprint density at radius 2 is 1.95 bits per heavy atom. The van der Waals surface area contributed by atoms with Crippen molar-refractivity contribution in [2.75, 3.05) is 13.7 Å². The first-order valence-electron chi connectivity index (χ1n) is 6.91. The second-order valence-electron chi connectivity index (χ2n) is 5.24. The highest BCUT2D eigenvalue weighted by Crippen LogP contribution is 2.27. The van der Waals surface area contributed by atoms with Gasteiger partial charge in [0, 0.05) is 19.6 Å². The summed E-state index contributed by atoms with van der Waals surface area (Å²) in [4.78, 5) is 2.41. The van der Waals surface area contributed by atoms with E-state index in [1.165, 1.54) is 11.1 Å². The van der Waals surface area contributed by atoms with Crippen LogP contribution in [0.1, 0.15) is 16.7 Å². The number of phenolic OH excluding ortho intramolecular Hbond substituents is 1. The minimum atomic E-state index is 0.211. The number of nitrogens with zero attached hydrogens (tertiary/aromatic N) is 1. The van der Waals surface area contributed by atoms with Gasteiger partial charge in [-0.2, -0.15) is 0 Å². The largest absolute Gasteiger partial charge is 0.504 e. The van der Waals surface area contributed by atoms with Crippen molar-refractivity contribution >= 4 is 0 Å². The summed E-state index contributed by atoms with van der Waals surface area (Å²) in [5.41, 5.74) is 3.99. The fourth-order valence-corrected chi connectivity index (χ4v) is 2.78. The van der Waals surface area contributed by atoms with Gasteiger partial charge in [0.2, 0.25) is 0 Å². The van der Waals surface area contributed by atoms with Gasteiger partial charge in [-0.15, -0.1) is 0 Å². The van der Waals surface area contributed by atoms with Crippen LogP contribution in [0.3, 0.4) is 0 Å². The lowest BCUT2D eigenvalue weighted by Crippen LogP contribution is -2.29. The summed E-state index contributed by atoms with van der Waals surface area (Å²) < 4.78 is 5.07. The average molecular weight is 269 g/mol. The third kappa shape index (κ3) is 2.63. The lowest BCUT2D eigenvalue weighted by molar-refractivity contribution is 0.245. The number of methoxy groups -OCH3 is 1. The van der Waals surface area contributed by atoms with Crippen molar-refractivity contribution in [1.29, 1.82) is 0 Å². The van der Waals surface area contributed by atoms with Gasteiger partial charge in [0.05, 0.1) is 7.11 Å². The predicted molar refractivity (Wildman–Crippen MR) is 78.9 cm³/mol. The number of aromatic hydroxyl groups is 1. The van der Waals surface area contributed by atoms with E-state index in [-0.39, 0.29) is 5.75 Å². The lowest BCUT2D eigenvalue weighted by Gasteiger charge is -2.28. The van der Waals surface area contributed by atoms with Crippen molar-refractivity contribution in [2.45, 2.75) is 19.5 Å².